The highest BCUT2D eigenvalue weighted by atomic mass is 35.5. The Morgan fingerprint density at radius 3 is 2.31 bits per heavy atom. The highest BCUT2D eigenvalue weighted by molar-refractivity contribution is 7.89. The fourth-order valence-electron chi connectivity index (χ4n) is 2.92. The summed E-state index contributed by atoms with van der Waals surface area (Å²) in [6.07, 6.45) is 0. The molecule has 0 saturated carbocycles. The number of sulfonamides is 1. The maximum absolute atomic E-state index is 12.9. The van der Waals surface area contributed by atoms with Crippen LogP contribution >= 0.6 is 11.6 Å². The topological polar surface area (TPSA) is 101 Å². The van der Waals surface area contributed by atoms with Crippen molar-refractivity contribution >= 4 is 33.4 Å². The lowest BCUT2D eigenvalue weighted by molar-refractivity contribution is 0.0785. The van der Waals surface area contributed by atoms with Crippen LogP contribution < -0.4 is 5.73 Å². The Hall–Kier alpha value is -2.42. The van der Waals surface area contributed by atoms with E-state index in [1.54, 1.807) is 45.2 Å². The molecular formula is C20H24ClN3O4S. The fourth-order valence-corrected chi connectivity index (χ4v) is 4.60. The van der Waals surface area contributed by atoms with E-state index in [9.17, 15) is 18.0 Å². The first-order valence-corrected chi connectivity index (χ1v) is 10.9. The first-order valence-electron chi connectivity index (χ1n) is 9.05. The molecule has 0 unspecified atom stereocenters. The smallest absolute Gasteiger partial charge is 0.255 e. The van der Waals surface area contributed by atoms with Gasteiger partial charge in [0.05, 0.1) is 15.5 Å². The van der Waals surface area contributed by atoms with Crippen LogP contribution in [-0.4, -0.2) is 49.6 Å². The second-order valence-electron chi connectivity index (χ2n) is 6.46. The molecule has 9 heteroatoms. The van der Waals surface area contributed by atoms with E-state index in [4.69, 9.17) is 17.3 Å². The third-order valence-electron chi connectivity index (χ3n) is 4.49. The lowest BCUT2D eigenvalue weighted by atomic mass is 10.1. The lowest BCUT2D eigenvalue weighted by Crippen LogP contribution is -2.31. The van der Waals surface area contributed by atoms with Gasteiger partial charge in [-0.3, -0.25) is 9.59 Å². The quantitative estimate of drug-likeness (QED) is 0.686. The minimum absolute atomic E-state index is 0.0121. The van der Waals surface area contributed by atoms with Crippen molar-refractivity contribution in [2.24, 2.45) is 5.73 Å². The fraction of sp³-hybridized carbons (Fsp3) is 0.300. The summed E-state index contributed by atoms with van der Waals surface area (Å²) in [7, 11) is -2.15. The van der Waals surface area contributed by atoms with Gasteiger partial charge in [-0.15, -0.1) is 0 Å². The van der Waals surface area contributed by atoms with E-state index in [1.807, 2.05) is 0 Å². The molecule has 0 heterocycles. The Kier molecular flexibility index (Phi) is 7.40. The van der Waals surface area contributed by atoms with Gasteiger partial charge in [0.2, 0.25) is 15.9 Å². The molecule has 0 aliphatic heterocycles. The minimum atomic E-state index is -3.72. The first-order chi connectivity index (χ1) is 13.6. The van der Waals surface area contributed by atoms with E-state index >= 15 is 0 Å². The predicted octanol–water partition coefficient (Wildman–Crippen LogP) is 2.74. The third-order valence-corrected chi connectivity index (χ3v) is 6.86. The van der Waals surface area contributed by atoms with Crippen LogP contribution in [0.1, 0.15) is 40.1 Å². The number of nitrogens with zero attached hydrogens (tertiary/aromatic N) is 2. The molecule has 0 aliphatic carbocycles. The van der Waals surface area contributed by atoms with E-state index in [1.165, 1.54) is 27.4 Å². The van der Waals surface area contributed by atoms with Crippen LogP contribution in [0.2, 0.25) is 5.02 Å². The summed E-state index contributed by atoms with van der Waals surface area (Å²) in [5, 5.41) is 0.159. The summed E-state index contributed by atoms with van der Waals surface area (Å²) in [6, 6.07) is 10.7. The molecule has 2 aromatic rings. The van der Waals surface area contributed by atoms with Crippen LogP contribution in [0, 0.1) is 0 Å². The first kappa shape index (κ1) is 22.9. The van der Waals surface area contributed by atoms with Gasteiger partial charge < -0.3 is 10.6 Å². The van der Waals surface area contributed by atoms with Crippen LogP contribution in [0.4, 0.5) is 0 Å². The number of carbonyl (C=O) groups excluding carboxylic acids is 2. The Morgan fingerprint density at radius 1 is 1.07 bits per heavy atom. The molecule has 2 N–H and O–H groups in total. The summed E-state index contributed by atoms with van der Waals surface area (Å²) in [5.41, 5.74) is 6.43. The summed E-state index contributed by atoms with van der Waals surface area (Å²) < 4.78 is 26.8. The zero-order valence-electron chi connectivity index (χ0n) is 16.6. The Morgan fingerprint density at radius 2 is 1.72 bits per heavy atom. The van der Waals surface area contributed by atoms with Crippen LogP contribution in [0.15, 0.2) is 47.4 Å². The molecule has 0 radical (unpaired) electrons. The number of nitrogens with two attached hydrogens (primary N) is 1. The van der Waals surface area contributed by atoms with E-state index in [-0.39, 0.29) is 22.0 Å². The number of benzene rings is 2. The predicted molar refractivity (Wildman–Crippen MR) is 112 cm³/mol. The number of primary amides is 1. The van der Waals surface area contributed by atoms with Gasteiger partial charge in [0.1, 0.15) is 0 Å². The molecule has 29 heavy (non-hydrogen) atoms. The van der Waals surface area contributed by atoms with Gasteiger partial charge >= 0.3 is 0 Å². The number of amides is 2. The SMILES string of the molecule is CCN(CC)S(=O)(=O)c1ccc(Cl)c(C(=O)N(C)Cc2cccc(C(N)=O)c2)c1. The van der Waals surface area contributed by atoms with Crippen LogP contribution in [0.3, 0.4) is 0 Å². The summed E-state index contributed by atoms with van der Waals surface area (Å²) in [5.74, 6) is -0.991. The second kappa shape index (κ2) is 9.39. The van der Waals surface area contributed by atoms with Crippen molar-refractivity contribution in [3.05, 3.63) is 64.2 Å². The zero-order valence-corrected chi connectivity index (χ0v) is 18.1. The largest absolute Gasteiger partial charge is 0.366 e. The van der Waals surface area contributed by atoms with Crippen LogP contribution in [-0.2, 0) is 16.6 Å². The average molecular weight is 438 g/mol. The molecule has 2 aromatic carbocycles. The van der Waals surface area contributed by atoms with Gasteiger partial charge in [-0.25, -0.2) is 8.42 Å². The van der Waals surface area contributed by atoms with Gasteiger partial charge in [-0.05, 0) is 35.9 Å². The standard InChI is InChI=1S/C20H24ClN3O4S/c1-4-24(5-2)29(27,28)16-9-10-18(21)17(12-16)20(26)23(3)13-14-7-6-8-15(11-14)19(22)25/h6-12H,4-5,13H2,1-3H3,(H2,22,25). The summed E-state index contributed by atoms with van der Waals surface area (Å²) in [4.78, 5) is 25.7. The number of halogens is 1. The molecule has 0 saturated heterocycles. The van der Waals surface area contributed by atoms with Crippen molar-refractivity contribution in [3.63, 3.8) is 0 Å². The Bertz CT molecular complexity index is 1020. The summed E-state index contributed by atoms with van der Waals surface area (Å²) >= 11 is 6.19. The van der Waals surface area contributed by atoms with Gasteiger partial charge in [-0.1, -0.05) is 37.6 Å². The molecule has 7 nitrogen and oxygen atoms in total. The molecule has 0 aliphatic rings. The number of hydrogen-bond donors (Lipinski definition) is 1. The van der Waals surface area contributed by atoms with Crippen molar-refractivity contribution in [1.29, 1.82) is 0 Å². The lowest BCUT2D eigenvalue weighted by Gasteiger charge is -2.21. The van der Waals surface area contributed by atoms with Crippen LogP contribution in [0.5, 0.6) is 0 Å². The molecule has 0 aromatic heterocycles. The maximum atomic E-state index is 12.9. The highest BCUT2D eigenvalue weighted by Crippen LogP contribution is 2.24. The van der Waals surface area contributed by atoms with E-state index in [0.29, 0.717) is 24.2 Å². The molecule has 0 spiro atoms. The van der Waals surface area contributed by atoms with Gasteiger partial charge in [0, 0.05) is 32.2 Å². The van der Waals surface area contributed by atoms with Crippen molar-refractivity contribution in [2.75, 3.05) is 20.1 Å². The van der Waals surface area contributed by atoms with Gasteiger partial charge in [0.25, 0.3) is 5.91 Å². The van der Waals surface area contributed by atoms with Gasteiger partial charge in [0.15, 0.2) is 0 Å². The van der Waals surface area contributed by atoms with E-state index in [0.717, 1.165) is 0 Å². The second-order valence-corrected chi connectivity index (χ2v) is 8.80. The highest BCUT2D eigenvalue weighted by Gasteiger charge is 2.25. The normalized spacial score (nSPS) is 11.5. The Labute approximate surface area is 176 Å². The maximum Gasteiger partial charge on any atom is 0.255 e. The number of rotatable bonds is 8. The van der Waals surface area contributed by atoms with Crippen molar-refractivity contribution in [2.45, 2.75) is 25.3 Å². The molecule has 0 bridgehead atoms. The van der Waals surface area contributed by atoms with E-state index < -0.39 is 21.8 Å². The molecule has 0 fully saturated rings. The van der Waals surface area contributed by atoms with Crippen LogP contribution in [0.25, 0.3) is 0 Å². The van der Waals surface area contributed by atoms with Crippen molar-refractivity contribution < 1.29 is 18.0 Å². The molecule has 0 atom stereocenters. The molecule has 2 amide bonds. The van der Waals surface area contributed by atoms with Gasteiger partial charge in [-0.2, -0.15) is 4.31 Å². The zero-order chi connectivity index (χ0) is 21.8. The van der Waals surface area contributed by atoms with Crippen molar-refractivity contribution in [1.82, 2.24) is 9.21 Å². The molecule has 2 rings (SSSR count). The minimum Gasteiger partial charge on any atom is -0.366 e. The average Bonchev–Trinajstić information content (AvgIpc) is 2.68. The monoisotopic (exact) mass is 437 g/mol. The third kappa shape index (κ3) is 5.14. The number of hydrogen-bond acceptors (Lipinski definition) is 4. The Balaban J connectivity index is 2.33. The number of carbonyl (C=O) groups is 2. The molecule has 156 valence electrons. The van der Waals surface area contributed by atoms with Crippen molar-refractivity contribution in [3.8, 4) is 0 Å². The molecular weight excluding hydrogens is 414 g/mol. The van der Waals surface area contributed by atoms with E-state index in [2.05, 4.69) is 0 Å². The summed E-state index contributed by atoms with van der Waals surface area (Å²) in [6.45, 7) is 4.33.